The topological polar surface area (TPSA) is 55.2 Å². The first-order valence-corrected chi connectivity index (χ1v) is 6.08. The molecule has 1 aromatic carbocycles. The summed E-state index contributed by atoms with van der Waals surface area (Å²) in [5.74, 6) is -0.501. The molecule has 6 heteroatoms. The molecule has 0 aliphatic heterocycles. The zero-order chi connectivity index (χ0) is 12.6. The fourth-order valence-electron chi connectivity index (χ4n) is 1.53. The molecule has 0 bridgehead atoms. The van der Waals surface area contributed by atoms with Gasteiger partial charge in [0.1, 0.15) is 11.5 Å². The van der Waals surface area contributed by atoms with Crippen LogP contribution in [0.1, 0.15) is 19.8 Å². The first-order valence-electron chi connectivity index (χ1n) is 5.29. The molecule has 1 fully saturated rings. The second-order valence-electron chi connectivity index (χ2n) is 4.70. The number of rotatable bonds is 4. The summed E-state index contributed by atoms with van der Waals surface area (Å²) in [6.07, 6.45) is 2.21. The van der Waals surface area contributed by atoms with Crippen molar-refractivity contribution in [3.05, 3.63) is 32.5 Å². The van der Waals surface area contributed by atoms with E-state index >= 15 is 0 Å². The normalized spacial score (nSPS) is 16.6. The van der Waals surface area contributed by atoms with Crippen LogP contribution in [0.15, 0.2) is 16.6 Å². The maximum Gasteiger partial charge on any atom is 0.293 e. The smallest absolute Gasteiger partial charge is 0.293 e. The molecule has 0 unspecified atom stereocenters. The standard InChI is InChI=1S/C11H12BrFN2O2/c1-11(2-3-11)6-14-9-5-8(13)7(12)4-10(9)15(16)17/h4-5,14H,2-3,6H2,1H3. The summed E-state index contributed by atoms with van der Waals surface area (Å²) in [6, 6.07) is 2.35. The summed E-state index contributed by atoms with van der Waals surface area (Å²) in [4.78, 5) is 10.3. The molecular weight excluding hydrogens is 291 g/mol. The molecule has 1 aliphatic rings. The quantitative estimate of drug-likeness (QED) is 0.681. The number of nitrogens with zero attached hydrogens (tertiary/aromatic N) is 1. The highest BCUT2D eigenvalue weighted by molar-refractivity contribution is 9.10. The van der Waals surface area contributed by atoms with Crippen molar-refractivity contribution in [3.63, 3.8) is 0 Å². The summed E-state index contributed by atoms with van der Waals surface area (Å²) in [6.45, 7) is 2.73. The molecule has 4 nitrogen and oxygen atoms in total. The Bertz CT molecular complexity index is 475. The SMILES string of the molecule is CC1(CNc2cc(F)c(Br)cc2[N+](=O)[O-])CC1. The van der Waals surface area contributed by atoms with Crippen LogP contribution in [0.3, 0.4) is 0 Å². The third kappa shape index (κ3) is 2.74. The number of hydrogen-bond acceptors (Lipinski definition) is 3. The Morgan fingerprint density at radius 2 is 2.24 bits per heavy atom. The second kappa shape index (κ2) is 4.25. The molecule has 0 heterocycles. The summed E-state index contributed by atoms with van der Waals surface area (Å²) in [5.41, 5.74) is 0.337. The molecule has 1 aromatic rings. The van der Waals surface area contributed by atoms with Gasteiger partial charge >= 0.3 is 0 Å². The van der Waals surface area contributed by atoms with E-state index < -0.39 is 10.7 Å². The van der Waals surface area contributed by atoms with Gasteiger partial charge in [-0.2, -0.15) is 0 Å². The predicted octanol–water partition coefficient (Wildman–Crippen LogP) is 3.71. The molecule has 17 heavy (non-hydrogen) atoms. The largest absolute Gasteiger partial charge is 0.379 e. The van der Waals surface area contributed by atoms with Gasteiger partial charge in [-0.1, -0.05) is 6.92 Å². The molecule has 2 rings (SSSR count). The van der Waals surface area contributed by atoms with E-state index in [2.05, 4.69) is 28.2 Å². The van der Waals surface area contributed by atoms with Crippen molar-refractivity contribution in [2.24, 2.45) is 5.41 Å². The van der Waals surface area contributed by atoms with E-state index in [1.54, 1.807) is 0 Å². The lowest BCUT2D eigenvalue weighted by Gasteiger charge is -2.12. The number of nitro groups is 1. The van der Waals surface area contributed by atoms with Crippen LogP contribution in [0.2, 0.25) is 0 Å². The Morgan fingerprint density at radius 3 is 2.76 bits per heavy atom. The van der Waals surface area contributed by atoms with Crippen LogP contribution in [0.25, 0.3) is 0 Å². The molecule has 0 atom stereocenters. The zero-order valence-electron chi connectivity index (χ0n) is 9.30. The van der Waals surface area contributed by atoms with Gasteiger partial charge in [0.05, 0.1) is 9.40 Å². The fourth-order valence-corrected chi connectivity index (χ4v) is 1.86. The van der Waals surface area contributed by atoms with E-state index in [9.17, 15) is 14.5 Å². The predicted molar refractivity (Wildman–Crippen MR) is 66.6 cm³/mol. The molecule has 1 N–H and O–H groups in total. The lowest BCUT2D eigenvalue weighted by atomic mass is 10.1. The zero-order valence-corrected chi connectivity index (χ0v) is 10.9. The van der Waals surface area contributed by atoms with Crippen LogP contribution in [0.5, 0.6) is 0 Å². The molecule has 1 saturated carbocycles. The fraction of sp³-hybridized carbons (Fsp3) is 0.455. The van der Waals surface area contributed by atoms with Crippen LogP contribution < -0.4 is 5.32 Å². The van der Waals surface area contributed by atoms with E-state index in [-0.39, 0.29) is 21.3 Å². The summed E-state index contributed by atoms with van der Waals surface area (Å²) in [5, 5.41) is 13.8. The summed E-state index contributed by atoms with van der Waals surface area (Å²) < 4.78 is 13.5. The van der Waals surface area contributed by atoms with Gasteiger partial charge in [-0.3, -0.25) is 10.1 Å². The Morgan fingerprint density at radius 1 is 1.59 bits per heavy atom. The average Bonchev–Trinajstić information content (AvgIpc) is 2.98. The first-order chi connectivity index (χ1) is 7.91. The molecule has 92 valence electrons. The maximum absolute atomic E-state index is 13.3. The van der Waals surface area contributed by atoms with Crippen LogP contribution >= 0.6 is 15.9 Å². The van der Waals surface area contributed by atoms with E-state index in [4.69, 9.17) is 0 Å². The second-order valence-corrected chi connectivity index (χ2v) is 5.56. The number of halogens is 2. The van der Waals surface area contributed by atoms with Crippen molar-refractivity contribution in [3.8, 4) is 0 Å². The van der Waals surface area contributed by atoms with Crippen LogP contribution in [-0.4, -0.2) is 11.5 Å². The first kappa shape index (κ1) is 12.3. The summed E-state index contributed by atoms with van der Waals surface area (Å²) in [7, 11) is 0. The van der Waals surface area contributed by atoms with Crippen LogP contribution in [0.4, 0.5) is 15.8 Å². The Kier molecular flexibility index (Phi) is 3.07. The van der Waals surface area contributed by atoms with Gasteiger partial charge in [0.25, 0.3) is 5.69 Å². The minimum absolute atomic E-state index is 0.104. The van der Waals surface area contributed by atoms with E-state index in [1.807, 2.05) is 0 Å². The van der Waals surface area contributed by atoms with E-state index in [1.165, 1.54) is 6.07 Å². The molecule has 0 amide bonds. The van der Waals surface area contributed by atoms with Gasteiger partial charge in [0, 0.05) is 18.7 Å². The lowest BCUT2D eigenvalue weighted by Crippen LogP contribution is -2.13. The highest BCUT2D eigenvalue weighted by atomic mass is 79.9. The van der Waals surface area contributed by atoms with Gasteiger partial charge in [-0.05, 0) is 34.2 Å². The van der Waals surface area contributed by atoms with E-state index in [0.29, 0.717) is 6.54 Å². The molecule has 1 aliphatic carbocycles. The highest BCUT2D eigenvalue weighted by Gasteiger charge is 2.37. The van der Waals surface area contributed by atoms with Gasteiger partial charge in [-0.25, -0.2) is 4.39 Å². The number of anilines is 1. The molecule has 0 saturated heterocycles. The van der Waals surface area contributed by atoms with Crippen molar-refractivity contribution in [1.82, 2.24) is 0 Å². The van der Waals surface area contributed by atoms with Crippen LogP contribution in [0, 0.1) is 21.3 Å². The van der Waals surface area contributed by atoms with Gasteiger partial charge in [-0.15, -0.1) is 0 Å². The number of hydrogen-bond donors (Lipinski definition) is 1. The van der Waals surface area contributed by atoms with E-state index in [0.717, 1.165) is 18.9 Å². The van der Waals surface area contributed by atoms with Gasteiger partial charge in [0.2, 0.25) is 0 Å². The Labute approximate surface area is 106 Å². The van der Waals surface area contributed by atoms with Gasteiger partial charge < -0.3 is 5.32 Å². The molecule has 0 radical (unpaired) electrons. The number of benzene rings is 1. The van der Waals surface area contributed by atoms with Crippen molar-refractivity contribution in [1.29, 1.82) is 0 Å². The molecule has 0 aromatic heterocycles. The summed E-state index contributed by atoms with van der Waals surface area (Å²) >= 11 is 2.94. The van der Waals surface area contributed by atoms with Gasteiger partial charge in [0.15, 0.2) is 0 Å². The van der Waals surface area contributed by atoms with Crippen LogP contribution in [-0.2, 0) is 0 Å². The molecular formula is C11H12BrFN2O2. The monoisotopic (exact) mass is 302 g/mol. The minimum Gasteiger partial charge on any atom is -0.379 e. The third-order valence-corrected chi connectivity index (χ3v) is 3.65. The molecule has 0 spiro atoms. The minimum atomic E-state index is -0.512. The lowest BCUT2D eigenvalue weighted by molar-refractivity contribution is -0.384. The number of nitrogens with one attached hydrogen (secondary N) is 1. The highest BCUT2D eigenvalue weighted by Crippen LogP contribution is 2.45. The maximum atomic E-state index is 13.3. The Balaban J connectivity index is 2.24. The van der Waals surface area contributed by atoms with Crippen molar-refractivity contribution in [2.75, 3.05) is 11.9 Å². The van der Waals surface area contributed by atoms with Crippen molar-refractivity contribution in [2.45, 2.75) is 19.8 Å². The third-order valence-electron chi connectivity index (χ3n) is 3.04. The number of nitro benzene ring substituents is 1. The Hall–Kier alpha value is -1.17. The average molecular weight is 303 g/mol. The van der Waals surface area contributed by atoms with Crippen molar-refractivity contribution < 1.29 is 9.31 Å². The van der Waals surface area contributed by atoms with Crippen molar-refractivity contribution >= 4 is 27.3 Å².